The van der Waals surface area contributed by atoms with Crippen molar-refractivity contribution < 1.29 is 15.0 Å². The van der Waals surface area contributed by atoms with E-state index in [4.69, 9.17) is 10.2 Å². The summed E-state index contributed by atoms with van der Waals surface area (Å²) in [5.74, 6) is -1.11. The van der Waals surface area contributed by atoms with Gasteiger partial charge in [-0.15, -0.1) is 0 Å². The van der Waals surface area contributed by atoms with Crippen molar-refractivity contribution >= 4 is 5.97 Å². The molecule has 1 saturated heterocycles. The Kier molecular flexibility index (Phi) is 4.90. The van der Waals surface area contributed by atoms with Gasteiger partial charge >= 0.3 is 5.97 Å². The number of likely N-dealkylation sites (tertiary alicyclic amines) is 1. The largest absolute Gasteiger partial charge is 0.479 e. The molecule has 0 saturated carbocycles. The van der Waals surface area contributed by atoms with Gasteiger partial charge in [0, 0.05) is 0 Å². The van der Waals surface area contributed by atoms with Crippen molar-refractivity contribution in [3.8, 4) is 0 Å². The summed E-state index contributed by atoms with van der Waals surface area (Å²) in [6, 6.07) is 0. The molecule has 1 fully saturated rings. The molecule has 0 bridgehead atoms. The maximum atomic E-state index is 10.3. The van der Waals surface area contributed by atoms with E-state index in [1.54, 1.807) is 0 Å². The van der Waals surface area contributed by atoms with Crippen LogP contribution in [0.3, 0.4) is 0 Å². The van der Waals surface area contributed by atoms with Gasteiger partial charge in [0.15, 0.2) is 6.10 Å². The van der Waals surface area contributed by atoms with Crippen LogP contribution < -0.4 is 0 Å². The van der Waals surface area contributed by atoms with E-state index >= 15 is 0 Å². The van der Waals surface area contributed by atoms with E-state index in [-0.39, 0.29) is 0 Å². The van der Waals surface area contributed by atoms with Crippen molar-refractivity contribution in [1.29, 1.82) is 0 Å². The van der Waals surface area contributed by atoms with E-state index in [1.807, 2.05) is 0 Å². The molecular formula is C10H19NO3. The van der Waals surface area contributed by atoms with E-state index in [2.05, 4.69) is 4.90 Å². The molecule has 0 aromatic heterocycles. The molecule has 1 unspecified atom stereocenters. The molecule has 1 atom stereocenters. The number of aliphatic hydroxyl groups excluding tert-OH is 1. The van der Waals surface area contributed by atoms with Crippen LogP contribution in [0, 0.1) is 0 Å². The first-order valence-corrected chi connectivity index (χ1v) is 5.33. The van der Waals surface area contributed by atoms with Crippen molar-refractivity contribution in [1.82, 2.24) is 4.90 Å². The van der Waals surface area contributed by atoms with Gasteiger partial charge in [-0.3, -0.25) is 0 Å². The van der Waals surface area contributed by atoms with E-state index in [0.717, 1.165) is 26.1 Å². The minimum absolute atomic E-state index is 0.367. The zero-order valence-electron chi connectivity index (χ0n) is 8.48. The second kappa shape index (κ2) is 5.98. The molecule has 1 aliphatic rings. The summed E-state index contributed by atoms with van der Waals surface area (Å²) in [4.78, 5) is 12.7. The van der Waals surface area contributed by atoms with Crippen molar-refractivity contribution in [3.63, 3.8) is 0 Å². The Bertz CT molecular complexity index is 178. The fraction of sp³-hybridized carbons (Fsp3) is 0.900. The zero-order valence-corrected chi connectivity index (χ0v) is 8.48. The monoisotopic (exact) mass is 201 g/mol. The summed E-state index contributed by atoms with van der Waals surface area (Å²) in [5, 5.41) is 17.5. The van der Waals surface area contributed by atoms with Gasteiger partial charge in [0.05, 0.1) is 0 Å². The first-order chi connectivity index (χ1) is 6.70. The molecule has 1 rings (SSSR count). The highest BCUT2D eigenvalue weighted by Crippen LogP contribution is 2.09. The molecule has 0 amide bonds. The highest BCUT2D eigenvalue weighted by atomic mass is 16.4. The number of piperidine rings is 1. The third-order valence-electron chi connectivity index (χ3n) is 2.69. The minimum atomic E-state index is -1.18. The lowest BCUT2D eigenvalue weighted by Gasteiger charge is -2.26. The average molecular weight is 201 g/mol. The number of carboxylic acids is 1. The Hall–Kier alpha value is -0.610. The van der Waals surface area contributed by atoms with Crippen LogP contribution in [0.15, 0.2) is 0 Å². The third kappa shape index (κ3) is 4.07. The normalized spacial score (nSPS) is 20.6. The molecular weight excluding hydrogens is 182 g/mol. The van der Waals surface area contributed by atoms with Crippen LogP contribution in [0.4, 0.5) is 0 Å². The molecule has 1 heterocycles. The molecule has 1 aliphatic heterocycles. The highest BCUT2D eigenvalue weighted by molar-refractivity contribution is 5.71. The van der Waals surface area contributed by atoms with Crippen LogP contribution in [0.25, 0.3) is 0 Å². The van der Waals surface area contributed by atoms with Gasteiger partial charge in [-0.05, 0) is 45.3 Å². The van der Waals surface area contributed by atoms with Crippen molar-refractivity contribution in [2.45, 2.75) is 38.2 Å². The first-order valence-electron chi connectivity index (χ1n) is 5.33. The number of hydrogen-bond acceptors (Lipinski definition) is 3. The van der Waals surface area contributed by atoms with Crippen LogP contribution in [0.5, 0.6) is 0 Å². The minimum Gasteiger partial charge on any atom is -0.479 e. The Morgan fingerprint density at radius 1 is 1.29 bits per heavy atom. The summed E-state index contributed by atoms with van der Waals surface area (Å²) >= 11 is 0. The molecule has 0 aliphatic carbocycles. The van der Waals surface area contributed by atoms with E-state index in [0.29, 0.717) is 6.42 Å². The van der Waals surface area contributed by atoms with Crippen molar-refractivity contribution in [2.75, 3.05) is 19.6 Å². The Morgan fingerprint density at radius 3 is 2.50 bits per heavy atom. The Labute approximate surface area is 84.5 Å². The molecule has 0 aromatic carbocycles. The van der Waals surface area contributed by atoms with Gasteiger partial charge in [0.25, 0.3) is 0 Å². The fourth-order valence-corrected chi connectivity index (χ4v) is 1.81. The molecule has 0 aromatic rings. The van der Waals surface area contributed by atoms with Gasteiger partial charge in [-0.25, -0.2) is 4.79 Å². The number of aliphatic hydroxyl groups is 1. The van der Waals surface area contributed by atoms with Crippen LogP contribution in [0.1, 0.15) is 32.1 Å². The predicted octanol–water partition coefficient (Wildman–Crippen LogP) is 0.698. The highest BCUT2D eigenvalue weighted by Gasteiger charge is 2.14. The van der Waals surface area contributed by atoms with Gasteiger partial charge in [0.1, 0.15) is 0 Å². The zero-order chi connectivity index (χ0) is 10.4. The van der Waals surface area contributed by atoms with Gasteiger partial charge in [-0.2, -0.15) is 0 Å². The first kappa shape index (κ1) is 11.5. The molecule has 4 heteroatoms. The maximum Gasteiger partial charge on any atom is 0.332 e. The quantitative estimate of drug-likeness (QED) is 0.687. The van der Waals surface area contributed by atoms with Crippen LogP contribution in [-0.4, -0.2) is 46.8 Å². The second-order valence-electron chi connectivity index (χ2n) is 3.90. The fourth-order valence-electron chi connectivity index (χ4n) is 1.81. The number of hydrogen-bond donors (Lipinski definition) is 2. The average Bonchev–Trinajstić information content (AvgIpc) is 2.19. The number of carbonyl (C=O) groups is 1. The summed E-state index contributed by atoms with van der Waals surface area (Å²) in [5.41, 5.74) is 0. The van der Waals surface area contributed by atoms with Crippen molar-refractivity contribution in [3.05, 3.63) is 0 Å². The molecule has 4 nitrogen and oxygen atoms in total. The van der Waals surface area contributed by atoms with Gasteiger partial charge in [-0.1, -0.05) is 6.42 Å². The van der Waals surface area contributed by atoms with Crippen LogP contribution in [-0.2, 0) is 4.79 Å². The Balaban J connectivity index is 2.05. The number of aliphatic carboxylic acids is 1. The van der Waals surface area contributed by atoms with Gasteiger partial charge in [0.2, 0.25) is 0 Å². The van der Waals surface area contributed by atoms with Crippen LogP contribution in [0.2, 0.25) is 0 Å². The predicted molar refractivity (Wildman–Crippen MR) is 53.2 cm³/mol. The molecule has 0 spiro atoms. The molecule has 14 heavy (non-hydrogen) atoms. The summed E-state index contributed by atoms with van der Waals surface area (Å²) in [7, 11) is 0. The lowest BCUT2D eigenvalue weighted by molar-refractivity contribution is -0.147. The lowest BCUT2D eigenvalue weighted by Crippen LogP contribution is -2.31. The molecule has 0 radical (unpaired) electrons. The number of rotatable bonds is 5. The third-order valence-corrected chi connectivity index (χ3v) is 2.69. The van der Waals surface area contributed by atoms with Crippen LogP contribution >= 0.6 is 0 Å². The number of nitrogens with zero attached hydrogens (tertiary/aromatic N) is 1. The second-order valence-corrected chi connectivity index (χ2v) is 3.90. The molecule has 82 valence electrons. The Morgan fingerprint density at radius 2 is 1.93 bits per heavy atom. The van der Waals surface area contributed by atoms with E-state index in [9.17, 15) is 4.79 Å². The number of carboxylic acid groups (broad SMARTS) is 1. The summed E-state index contributed by atoms with van der Waals surface area (Å²) in [6.45, 7) is 3.18. The summed E-state index contributed by atoms with van der Waals surface area (Å²) < 4.78 is 0. The maximum absolute atomic E-state index is 10.3. The van der Waals surface area contributed by atoms with Gasteiger partial charge < -0.3 is 15.1 Å². The lowest BCUT2D eigenvalue weighted by atomic mass is 10.1. The topological polar surface area (TPSA) is 60.8 Å². The van der Waals surface area contributed by atoms with E-state index in [1.165, 1.54) is 19.3 Å². The SMILES string of the molecule is O=C(O)C(O)CCCN1CCCCC1. The molecule has 2 N–H and O–H groups in total. The van der Waals surface area contributed by atoms with E-state index < -0.39 is 12.1 Å². The summed E-state index contributed by atoms with van der Waals surface area (Å²) in [6.07, 6.45) is 3.77. The smallest absolute Gasteiger partial charge is 0.332 e. The standard InChI is InChI=1S/C10H19NO3/c12-9(10(13)14)5-4-8-11-6-2-1-3-7-11/h9,12H,1-8H2,(H,13,14). The van der Waals surface area contributed by atoms with Crippen molar-refractivity contribution in [2.24, 2.45) is 0 Å².